The maximum absolute atomic E-state index is 2.52. The molecule has 105 heavy (non-hydrogen) atoms. The fraction of sp³-hybridized carbons (Fsp3) is 0.471. The Hall–Kier alpha value is -5.97. The molecule has 9 aromatic rings. The smallest absolute Gasteiger partial charge is 0.0619 e. The van der Waals surface area contributed by atoms with Crippen molar-refractivity contribution >= 4 is 32.7 Å². The van der Waals surface area contributed by atoms with Crippen LogP contribution in [0.1, 0.15) is 262 Å². The minimum absolute atomic E-state index is 0.0305. The summed E-state index contributed by atoms with van der Waals surface area (Å²) in [5.74, 6) is 17.1. The minimum atomic E-state index is -0.0542. The zero-order valence-corrected chi connectivity index (χ0v) is 65.3. The number of hydrogen-bond donors (Lipinski definition) is 0. The molecule has 12 aliphatic rings. The second-order valence-corrected chi connectivity index (χ2v) is 41.6. The van der Waals surface area contributed by atoms with Gasteiger partial charge < -0.3 is 0 Å². The summed E-state index contributed by atoms with van der Waals surface area (Å²) in [6.45, 7) is 0. The maximum Gasteiger partial charge on any atom is 0.166 e. The molecule has 12 saturated carbocycles. The maximum atomic E-state index is 2.52. The van der Waals surface area contributed by atoms with Gasteiger partial charge in [-0.2, -0.15) is 0 Å². The Labute approximate surface area is 641 Å². The Morgan fingerprint density at radius 3 is 0.610 bits per heavy atom. The summed E-state index contributed by atoms with van der Waals surface area (Å²) in [5.41, 5.74) is 9.55. The van der Waals surface area contributed by atoms with Gasteiger partial charge in [-0.15, -0.1) is 0 Å². The fourth-order valence-electron chi connectivity index (χ4n) is 25.7. The van der Waals surface area contributed by atoms with E-state index in [0.29, 0.717) is 0 Å². The lowest BCUT2D eigenvalue weighted by molar-refractivity contribution is 0.232. The summed E-state index contributed by atoms with van der Waals surface area (Å²) in [5, 5.41) is 0. The molecule has 9 aromatic carbocycles. The van der Waals surface area contributed by atoms with Crippen molar-refractivity contribution in [2.75, 3.05) is 0 Å². The predicted octanol–water partition coefficient (Wildman–Crippen LogP) is 28.1. The quantitative estimate of drug-likeness (QED) is 0.0898. The largest absolute Gasteiger partial charge is 0.166 e. The van der Waals surface area contributed by atoms with E-state index >= 15 is 0 Å². The van der Waals surface area contributed by atoms with E-state index in [-0.39, 0.29) is 32.7 Å². The molecule has 15 atom stereocenters. The van der Waals surface area contributed by atoms with Gasteiger partial charge in [-0.25, -0.2) is 0 Å². The van der Waals surface area contributed by atoms with Gasteiger partial charge in [0.15, 0.2) is 44.1 Å². The van der Waals surface area contributed by atoms with Crippen LogP contribution in [0, 0.1) is 71.0 Å². The third-order valence-corrected chi connectivity index (χ3v) is 37.1. The molecule has 0 aromatic heterocycles. The molecule has 6 bridgehead atoms. The molecule has 0 aliphatic heterocycles. The van der Waals surface area contributed by atoms with Crippen LogP contribution in [-0.2, 0) is 32.7 Å². The van der Waals surface area contributed by atoms with Crippen LogP contribution < -0.4 is 0 Å². The first-order valence-corrected chi connectivity index (χ1v) is 46.7. The molecule has 0 heterocycles. The SMILES string of the molecule is c1cc([S+](c2ccc(C3CCCCC3)cc2)c2ccc(C3CCCCC3)cc2)ccc1C1CCCCC1.c1ccc([S+](c2ccc(C3CC4CC3C3CCCC43)cc2)c2ccc(C3CC4CC3C3CCCC43)cc2)cc1.c1ccc([S+](c2ccccc2)c2ccc(C3CC4CC3C3CCCC43)cc2)cc1. The second-order valence-electron chi connectivity index (χ2n) is 35.6. The van der Waals surface area contributed by atoms with E-state index in [1.165, 1.54) is 237 Å². The number of rotatable bonds is 15. The molecule has 0 nitrogen and oxygen atoms in total. The van der Waals surface area contributed by atoms with Crippen molar-refractivity contribution in [2.24, 2.45) is 71.0 Å². The molecule has 0 spiro atoms. The van der Waals surface area contributed by atoms with Crippen LogP contribution >= 0.6 is 0 Å². The highest BCUT2D eigenvalue weighted by Crippen LogP contribution is 2.66. The highest BCUT2D eigenvalue weighted by molar-refractivity contribution is 7.97. The van der Waals surface area contributed by atoms with Crippen molar-refractivity contribution in [2.45, 2.75) is 272 Å². The Morgan fingerprint density at radius 2 is 0.371 bits per heavy atom. The van der Waals surface area contributed by atoms with Crippen LogP contribution in [0.5, 0.6) is 0 Å². The normalized spacial score (nSPS) is 30.4. The highest BCUT2D eigenvalue weighted by atomic mass is 32.2. The van der Waals surface area contributed by atoms with Crippen LogP contribution in [0.15, 0.2) is 281 Å². The van der Waals surface area contributed by atoms with E-state index < -0.39 is 0 Å². The summed E-state index contributed by atoms with van der Waals surface area (Å²) >= 11 is 0. The average Bonchev–Trinajstić information content (AvgIpc) is 1.60. The molecule has 12 aliphatic carbocycles. The van der Waals surface area contributed by atoms with Gasteiger partial charge in [-0.3, -0.25) is 0 Å². The van der Waals surface area contributed by atoms with Crippen LogP contribution in [0.3, 0.4) is 0 Å². The minimum Gasteiger partial charge on any atom is -0.0619 e. The van der Waals surface area contributed by atoms with E-state index in [1.807, 2.05) is 0 Å². The number of hydrogen-bond acceptors (Lipinski definition) is 0. The van der Waals surface area contributed by atoms with Crippen LogP contribution in [-0.4, -0.2) is 0 Å². The van der Waals surface area contributed by atoms with Crippen LogP contribution in [0.25, 0.3) is 0 Å². The lowest BCUT2D eigenvalue weighted by Crippen LogP contribution is -2.23. The second kappa shape index (κ2) is 31.6. The Balaban J connectivity index is 0.000000109. The van der Waals surface area contributed by atoms with Gasteiger partial charge in [-0.05, 0) is 365 Å². The van der Waals surface area contributed by atoms with Gasteiger partial charge in [-0.1, -0.05) is 204 Å². The zero-order chi connectivity index (χ0) is 69.6. The predicted molar refractivity (Wildman–Crippen MR) is 441 cm³/mol. The van der Waals surface area contributed by atoms with Gasteiger partial charge in [0.25, 0.3) is 0 Å². The standard InChI is InChI=1S/C38H43S.C36H45S.C28H29S/c1-2-6-28(7-3-1)39(29-16-12-24(13-17-29)35-20-26-22-37(35)33-10-4-8-31(26)33)30-18-14-25(15-19-30)36-21-27-23-38(36)34-11-5-9-32(27)34;1-4-10-28(11-5-1)31-16-22-34(23-17-31)37(35-24-18-32(19-25-35)29-12-6-2-7-13-29)36-26-20-33(21-27-36)30-14-8-3-9-15-30;1-3-8-22(9-4-1)29(23-10-5-2-6-11-23)24-16-14-20(15-17-24)27-18-21-19-28(27)26-13-7-12-25(21)26/h1-3,6-7,12-19,26-27,31-38H,4-5,8-11,20-23H2;16-30H,1-15H2;1-6,8-11,14-17,21,25-28H,7,12-13,18-19H2/q3*+1. The van der Waals surface area contributed by atoms with Crippen molar-refractivity contribution < 1.29 is 0 Å². The van der Waals surface area contributed by atoms with Gasteiger partial charge in [0.1, 0.15) is 0 Å². The van der Waals surface area contributed by atoms with Crippen molar-refractivity contribution in [1.82, 2.24) is 0 Å². The van der Waals surface area contributed by atoms with E-state index in [4.69, 9.17) is 0 Å². The molecule has 12 fully saturated rings. The monoisotopic (exact) mass is 1440 g/mol. The number of fused-ring (bicyclic) bond motifs is 15. The van der Waals surface area contributed by atoms with Crippen molar-refractivity contribution in [1.29, 1.82) is 0 Å². The van der Waals surface area contributed by atoms with Gasteiger partial charge in [0.05, 0.1) is 32.7 Å². The van der Waals surface area contributed by atoms with Crippen LogP contribution in [0.2, 0.25) is 0 Å². The first-order valence-electron chi connectivity index (χ1n) is 43.0. The lowest BCUT2D eigenvalue weighted by Gasteiger charge is -2.32. The molecule has 21 rings (SSSR count). The lowest BCUT2D eigenvalue weighted by atomic mass is 9.73. The number of benzene rings is 9. The van der Waals surface area contributed by atoms with E-state index in [2.05, 4.69) is 237 Å². The van der Waals surface area contributed by atoms with Gasteiger partial charge >= 0.3 is 0 Å². The van der Waals surface area contributed by atoms with Gasteiger partial charge in [0.2, 0.25) is 0 Å². The first-order chi connectivity index (χ1) is 52.0. The Kier molecular flexibility index (Phi) is 20.9. The third-order valence-electron chi connectivity index (χ3n) is 30.4. The molecule has 3 heteroatoms. The topological polar surface area (TPSA) is 0 Å². The molecule has 540 valence electrons. The van der Waals surface area contributed by atoms with Crippen molar-refractivity contribution in [3.63, 3.8) is 0 Å². The summed E-state index contributed by atoms with van der Waals surface area (Å²) < 4.78 is 0. The molecule has 15 unspecified atom stereocenters. The van der Waals surface area contributed by atoms with E-state index in [1.54, 1.807) is 33.4 Å². The summed E-state index contributed by atoms with van der Waals surface area (Å²) in [6.07, 6.45) is 43.4. The molecule has 0 saturated heterocycles. The van der Waals surface area contributed by atoms with E-state index in [9.17, 15) is 0 Å². The van der Waals surface area contributed by atoms with Crippen molar-refractivity contribution in [3.8, 4) is 0 Å². The Morgan fingerprint density at radius 1 is 0.162 bits per heavy atom. The zero-order valence-electron chi connectivity index (χ0n) is 62.8. The summed E-state index contributed by atoms with van der Waals surface area (Å²) in [7, 11) is -0.131. The average molecular weight is 1440 g/mol. The molecule has 0 radical (unpaired) electrons. The summed E-state index contributed by atoms with van der Waals surface area (Å²) in [4.78, 5) is 13.1. The third kappa shape index (κ3) is 14.2. The first kappa shape index (κ1) is 69.5. The van der Waals surface area contributed by atoms with Crippen LogP contribution in [0.4, 0.5) is 0 Å². The Bertz CT molecular complexity index is 3990. The molecular formula is C102H117S3+3. The summed E-state index contributed by atoms with van der Waals surface area (Å²) in [6, 6.07) is 92.6. The van der Waals surface area contributed by atoms with Crippen molar-refractivity contribution in [3.05, 3.63) is 270 Å². The fourth-order valence-corrected chi connectivity index (χ4v) is 31.9. The molecule has 0 N–H and O–H groups in total. The molecular weight excluding hydrogens is 1320 g/mol. The van der Waals surface area contributed by atoms with Gasteiger partial charge in [0, 0.05) is 0 Å². The van der Waals surface area contributed by atoms with E-state index in [0.717, 1.165) is 107 Å². The highest BCUT2D eigenvalue weighted by Gasteiger charge is 2.57. The molecule has 0 amide bonds.